The molecule has 1 aromatic heterocycles. The van der Waals surface area contributed by atoms with Gasteiger partial charge in [0.05, 0.1) is 17.7 Å². The van der Waals surface area contributed by atoms with Crippen LogP contribution in [-0.4, -0.2) is 5.91 Å². The highest BCUT2D eigenvalue weighted by Gasteiger charge is 2.12. The van der Waals surface area contributed by atoms with Crippen molar-refractivity contribution in [1.29, 1.82) is 5.26 Å². The summed E-state index contributed by atoms with van der Waals surface area (Å²) in [6.07, 6.45) is 0. The van der Waals surface area contributed by atoms with Crippen LogP contribution in [0.2, 0.25) is 0 Å². The van der Waals surface area contributed by atoms with Gasteiger partial charge >= 0.3 is 0 Å². The lowest BCUT2D eigenvalue weighted by atomic mass is 10.1. The summed E-state index contributed by atoms with van der Waals surface area (Å²) >= 11 is 1.61. The molecule has 2 rings (SSSR count). The first kappa shape index (κ1) is 12.3. The van der Waals surface area contributed by atoms with Crippen molar-refractivity contribution in [3.05, 3.63) is 57.8 Å². The minimum Gasteiger partial charge on any atom is -0.345 e. The highest BCUT2D eigenvalue weighted by atomic mass is 32.1. The van der Waals surface area contributed by atoms with E-state index in [0.29, 0.717) is 11.1 Å². The number of nitrogens with zero attached hydrogens (tertiary/aromatic N) is 1. The molecule has 0 unspecified atom stereocenters. The molecule has 2 aromatic rings. The Hall–Kier alpha value is -2.12. The Morgan fingerprint density at radius 1 is 1.39 bits per heavy atom. The number of carbonyl (C=O) groups is 1. The molecule has 0 saturated carbocycles. The van der Waals surface area contributed by atoms with Gasteiger partial charge < -0.3 is 5.32 Å². The Kier molecular flexibility index (Phi) is 3.75. The van der Waals surface area contributed by atoms with E-state index in [1.165, 1.54) is 0 Å². The largest absolute Gasteiger partial charge is 0.345 e. The van der Waals surface area contributed by atoms with Crippen molar-refractivity contribution in [1.82, 2.24) is 5.32 Å². The summed E-state index contributed by atoms with van der Waals surface area (Å²) in [6, 6.07) is 12.6. The molecule has 0 aliphatic rings. The lowest BCUT2D eigenvalue weighted by Gasteiger charge is -2.12. The average molecular weight is 256 g/mol. The number of thiophene rings is 1. The van der Waals surface area contributed by atoms with Crippen molar-refractivity contribution >= 4 is 17.2 Å². The number of amides is 1. The fraction of sp³-hybridized carbons (Fsp3) is 0.143. The molecule has 3 nitrogen and oxygen atoms in total. The van der Waals surface area contributed by atoms with Gasteiger partial charge in [0, 0.05) is 10.4 Å². The van der Waals surface area contributed by atoms with Crippen LogP contribution in [0, 0.1) is 11.3 Å². The molecular formula is C14H12N2OS. The lowest BCUT2D eigenvalue weighted by Crippen LogP contribution is -2.26. The number of hydrogen-bond acceptors (Lipinski definition) is 3. The number of nitriles is 1. The topological polar surface area (TPSA) is 52.9 Å². The van der Waals surface area contributed by atoms with E-state index >= 15 is 0 Å². The van der Waals surface area contributed by atoms with Gasteiger partial charge in [-0.25, -0.2) is 0 Å². The Balaban J connectivity index is 2.10. The number of nitrogens with one attached hydrogen (secondary N) is 1. The van der Waals surface area contributed by atoms with E-state index in [1.807, 2.05) is 30.5 Å². The number of benzene rings is 1. The maximum atomic E-state index is 12.0. The van der Waals surface area contributed by atoms with Crippen molar-refractivity contribution in [2.75, 3.05) is 0 Å². The summed E-state index contributed by atoms with van der Waals surface area (Å²) in [5.41, 5.74) is 1.00. The van der Waals surface area contributed by atoms with Gasteiger partial charge in [-0.15, -0.1) is 11.3 Å². The first-order chi connectivity index (χ1) is 8.70. The average Bonchev–Trinajstić information content (AvgIpc) is 2.92. The SMILES string of the molecule is C[C@@H](NC(=O)c1cccc(C#N)c1)c1cccs1. The van der Waals surface area contributed by atoms with Crippen molar-refractivity contribution < 1.29 is 4.79 Å². The van der Waals surface area contributed by atoms with E-state index in [-0.39, 0.29) is 11.9 Å². The van der Waals surface area contributed by atoms with Gasteiger partial charge in [-0.2, -0.15) is 5.26 Å². The van der Waals surface area contributed by atoms with Gasteiger partial charge in [-0.05, 0) is 36.6 Å². The Bertz CT molecular complexity index is 584. The first-order valence-corrected chi connectivity index (χ1v) is 6.43. The second kappa shape index (κ2) is 5.48. The van der Waals surface area contributed by atoms with Crippen LogP contribution in [0.15, 0.2) is 41.8 Å². The van der Waals surface area contributed by atoms with Crippen LogP contribution in [-0.2, 0) is 0 Å². The highest BCUT2D eigenvalue weighted by molar-refractivity contribution is 7.10. The standard InChI is InChI=1S/C14H12N2OS/c1-10(13-6-3-7-18-13)16-14(17)12-5-2-4-11(8-12)9-15/h2-8,10H,1H3,(H,16,17)/t10-/m1/s1. The summed E-state index contributed by atoms with van der Waals surface area (Å²) < 4.78 is 0. The zero-order valence-corrected chi connectivity index (χ0v) is 10.7. The van der Waals surface area contributed by atoms with Crippen molar-refractivity contribution in [2.45, 2.75) is 13.0 Å². The normalized spacial score (nSPS) is 11.6. The zero-order valence-electron chi connectivity index (χ0n) is 9.88. The first-order valence-electron chi connectivity index (χ1n) is 5.55. The van der Waals surface area contributed by atoms with Gasteiger partial charge in [0.1, 0.15) is 0 Å². The highest BCUT2D eigenvalue weighted by Crippen LogP contribution is 2.18. The molecule has 1 amide bonds. The lowest BCUT2D eigenvalue weighted by molar-refractivity contribution is 0.0940. The summed E-state index contributed by atoms with van der Waals surface area (Å²) in [4.78, 5) is 13.1. The van der Waals surface area contributed by atoms with E-state index < -0.39 is 0 Å². The van der Waals surface area contributed by atoms with E-state index in [1.54, 1.807) is 35.6 Å². The fourth-order valence-electron chi connectivity index (χ4n) is 1.62. The molecule has 0 radical (unpaired) electrons. The maximum absolute atomic E-state index is 12.0. The van der Waals surface area contributed by atoms with E-state index in [4.69, 9.17) is 5.26 Å². The molecule has 1 aromatic carbocycles. The minimum absolute atomic E-state index is 0.0248. The molecule has 18 heavy (non-hydrogen) atoms. The van der Waals surface area contributed by atoms with Crippen molar-refractivity contribution in [2.24, 2.45) is 0 Å². The van der Waals surface area contributed by atoms with Crippen molar-refractivity contribution in [3.63, 3.8) is 0 Å². The smallest absolute Gasteiger partial charge is 0.251 e. The molecule has 0 saturated heterocycles. The van der Waals surface area contributed by atoms with Crippen LogP contribution in [0.4, 0.5) is 0 Å². The molecule has 0 bridgehead atoms. The molecule has 1 atom stereocenters. The number of hydrogen-bond donors (Lipinski definition) is 1. The van der Waals surface area contributed by atoms with Crippen LogP contribution >= 0.6 is 11.3 Å². The third-order valence-electron chi connectivity index (χ3n) is 2.57. The summed E-state index contributed by atoms with van der Waals surface area (Å²) in [5, 5.41) is 13.7. The second-order valence-corrected chi connectivity index (χ2v) is 4.88. The predicted molar refractivity (Wildman–Crippen MR) is 71.4 cm³/mol. The van der Waals surface area contributed by atoms with Gasteiger partial charge in [0.2, 0.25) is 0 Å². The molecule has 0 aliphatic carbocycles. The molecule has 90 valence electrons. The third kappa shape index (κ3) is 2.76. The Morgan fingerprint density at radius 2 is 2.22 bits per heavy atom. The quantitative estimate of drug-likeness (QED) is 0.917. The third-order valence-corrected chi connectivity index (χ3v) is 3.63. The molecule has 1 heterocycles. The predicted octanol–water partition coefficient (Wildman–Crippen LogP) is 3.11. The van der Waals surface area contributed by atoms with Crippen molar-refractivity contribution in [3.8, 4) is 6.07 Å². The zero-order chi connectivity index (χ0) is 13.0. The van der Waals surface area contributed by atoms with Crippen LogP contribution in [0.1, 0.15) is 33.8 Å². The molecule has 0 spiro atoms. The molecule has 4 heteroatoms. The number of carbonyl (C=O) groups excluding carboxylic acids is 1. The van der Waals surface area contributed by atoms with E-state index in [0.717, 1.165) is 4.88 Å². The van der Waals surface area contributed by atoms with Gasteiger partial charge in [-0.1, -0.05) is 12.1 Å². The number of rotatable bonds is 3. The monoisotopic (exact) mass is 256 g/mol. The van der Waals surface area contributed by atoms with Crippen LogP contribution in [0.25, 0.3) is 0 Å². The fourth-order valence-corrected chi connectivity index (χ4v) is 2.35. The van der Waals surface area contributed by atoms with Crippen LogP contribution < -0.4 is 5.32 Å². The Morgan fingerprint density at radius 3 is 2.89 bits per heavy atom. The second-order valence-electron chi connectivity index (χ2n) is 3.90. The van der Waals surface area contributed by atoms with Crippen LogP contribution in [0.5, 0.6) is 0 Å². The molecule has 1 N–H and O–H groups in total. The maximum Gasteiger partial charge on any atom is 0.251 e. The van der Waals surface area contributed by atoms with E-state index in [2.05, 4.69) is 5.32 Å². The summed E-state index contributed by atoms with van der Waals surface area (Å²) in [7, 11) is 0. The molecular weight excluding hydrogens is 244 g/mol. The van der Waals surface area contributed by atoms with Gasteiger partial charge in [0.15, 0.2) is 0 Å². The minimum atomic E-state index is -0.159. The van der Waals surface area contributed by atoms with E-state index in [9.17, 15) is 4.79 Å². The summed E-state index contributed by atoms with van der Waals surface area (Å²) in [6.45, 7) is 1.94. The van der Waals surface area contributed by atoms with Crippen LogP contribution in [0.3, 0.4) is 0 Å². The van der Waals surface area contributed by atoms with Gasteiger partial charge in [-0.3, -0.25) is 4.79 Å². The molecule has 0 aliphatic heterocycles. The molecule has 0 fully saturated rings. The summed E-state index contributed by atoms with van der Waals surface area (Å²) in [5.74, 6) is -0.159. The van der Waals surface area contributed by atoms with Gasteiger partial charge in [0.25, 0.3) is 5.91 Å². The Labute approximate surface area is 110 Å².